The molecule has 1 saturated heterocycles. The van der Waals surface area contributed by atoms with Crippen LogP contribution in [-0.4, -0.2) is 52.7 Å². The lowest BCUT2D eigenvalue weighted by atomic mass is 10.1. The molecule has 0 aliphatic carbocycles. The van der Waals surface area contributed by atoms with Gasteiger partial charge in [0.25, 0.3) is 0 Å². The number of aromatic nitrogens is 1. The standard InChI is InChI=1S/C17H20N2O4/c1-10-4-3-5-13-11(8-18-16(10)13)6-15(20)19-9-12(23-2)7-14(19)17(21)22/h3-5,8,12,14,18H,6-7,9H2,1-2H3,(H,21,22). The number of H-pyrrole nitrogens is 1. The van der Waals surface area contributed by atoms with E-state index in [0.717, 1.165) is 22.0 Å². The highest BCUT2D eigenvalue weighted by molar-refractivity contribution is 5.92. The summed E-state index contributed by atoms with van der Waals surface area (Å²) in [6.45, 7) is 2.34. The summed E-state index contributed by atoms with van der Waals surface area (Å²) in [5.41, 5.74) is 3.02. The SMILES string of the molecule is COC1CC(C(=O)O)N(C(=O)Cc2c[nH]c3c(C)cccc23)C1. The lowest BCUT2D eigenvalue weighted by molar-refractivity contribution is -0.147. The molecule has 1 aromatic heterocycles. The van der Waals surface area contributed by atoms with Crippen LogP contribution in [-0.2, 0) is 20.7 Å². The number of rotatable bonds is 4. The van der Waals surface area contributed by atoms with E-state index in [0.29, 0.717) is 13.0 Å². The van der Waals surface area contributed by atoms with E-state index in [9.17, 15) is 14.7 Å². The van der Waals surface area contributed by atoms with Crippen LogP contribution in [0.3, 0.4) is 0 Å². The number of methoxy groups -OCH3 is 1. The summed E-state index contributed by atoms with van der Waals surface area (Å²) in [5.74, 6) is -1.16. The van der Waals surface area contributed by atoms with Gasteiger partial charge in [-0.2, -0.15) is 0 Å². The molecule has 2 atom stereocenters. The van der Waals surface area contributed by atoms with Crippen LogP contribution in [0.1, 0.15) is 17.5 Å². The van der Waals surface area contributed by atoms with Crippen molar-refractivity contribution in [3.8, 4) is 0 Å². The number of carbonyl (C=O) groups is 2. The molecule has 2 heterocycles. The van der Waals surface area contributed by atoms with Crippen LogP contribution in [0.25, 0.3) is 10.9 Å². The maximum Gasteiger partial charge on any atom is 0.326 e. The average Bonchev–Trinajstić information content (AvgIpc) is 3.12. The van der Waals surface area contributed by atoms with Gasteiger partial charge in [0, 0.05) is 37.2 Å². The number of hydrogen-bond donors (Lipinski definition) is 2. The van der Waals surface area contributed by atoms with Crippen molar-refractivity contribution < 1.29 is 19.4 Å². The molecule has 0 spiro atoms. The quantitative estimate of drug-likeness (QED) is 0.900. The highest BCUT2D eigenvalue weighted by atomic mass is 16.5. The first-order valence-corrected chi connectivity index (χ1v) is 7.62. The summed E-state index contributed by atoms with van der Waals surface area (Å²) in [5, 5.41) is 10.3. The van der Waals surface area contributed by atoms with Crippen LogP contribution in [0.5, 0.6) is 0 Å². The van der Waals surface area contributed by atoms with Gasteiger partial charge in [-0.15, -0.1) is 0 Å². The molecule has 0 bridgehead atoms. The number of ether oxygens (including phenoxy) is 1. The summed E-state index contributed by atoms with van der Waals surface area (Å²) in [6.07, 6.45) is 2.13. The van der Waals surface area contributed by atoms with Crippen LogP contribution in [0.2, 0.25) is 0 Å². The van der Waals surface area contributed by atoms with E-state index in [1.165, 1.54) is 4.90 Å². The fraction of sp³-hybridized carbons (Fsp3) is 0.412. The monoisotopic (exact) mass is 316 g/mol. The summed E-state index contributed by atoms with van der Waals surface area (Å²) < 4.78 is 5.23. The molecule has 3 rings (SSSR count). The van der Waals surface area contributed by atoms with Crippen molar-refractivity contribution in [2.75, 3.05) is 13.7 Å². The minimum atomic E-state index is -0.979. The number of nitrogens with zero attached hydrogens (tertiary/aromatic N) is 1. The number of amides is 1. The molecule has 1 amide bonds. The summed E-state index contributed by atoms with van der Waals surface area (Å²) in [7, 11) is 1.54. The number of likely N-dealkylation sites (tertiary alicyclic amines) is 1. The maximum absolute atomic E-state index is 12.6. The first-order chi connectivity index (χ1) is 11.0. The first-order valence-electron chi connectivity index (χ1n) is 7.62. The van der Waals surface area contributed by atoms with Gasteiger partial charge in [0.15, 0.2) is 0 Å². The predicted octanol–water partition coefficient (Wildman–Crippen LogP) is 1.72. The molecule has 0 radical (unpaired) electrons. The lowest BCUT2D eigenvalue weighted by Crippen LogP contribution is -2.41. The predicted molar refractivity (Wildman–Crippen MR) is 85.3 cm³/mol. The number of aryl methyl sites for hydroxylation is 1. The second kappa shape index (κ2) is 6.04. The van der Waals surface area contributed by atoms with Crippen molar-refractivity contribution in [1.29, 1.82) is 0 Å². The van der Waals surface area contributed by atoms with Gasteiger partial charge in [-0.3, -0.25) is 4.79 Å². The fourth-order valence-corrected chi connectivity index (χ4v) is 3.25. The lowest BCUT2D eigenvalue weighted by Gasteiger charge is -2.21. The number of nitrogens with one attached hydrogen (secondary N) is 1. The Bertz CT molecular complexity index is 752. The molecule has 2 unspecified atom stereocenters. The number of para-hydroxylation sites is 1. The Hall–Kier alpha value is -2.34. The van der Waals surface area contributed by atoms with Gasteiger partial charge in [-0.05, 0) is 18.1 Å². The Morgan fingerprint density at radius 3 is 2.91 bits per heavy atom. The average molecular weight is 316 g/mol. The highest BCUT2D eigenvalue weighted by Crippen LogP contribution is 2.25. The van der Waals surface area contributed by atoms with Gasteiger partial charge in [0.05, 0.1) is 12.5 Å². The number of carboxylic acids is 1. The van der Waals surface area contributed by atoms with Crippen LogP contribution in [0.4, 0.5) is 0 Å². The van der Waals surface area contributed by atoms with Crippen molar-refractivity contribution in [3.63, 3.8) is 0 Å². The Labute approximate surface area is 134 Å². The zero-order valence-electron chi connectivity index (χ0n) is 13.2. The number of carbonyl (C=O) groups excluding carboxylic acids is 1. The molecule has 2 aromatic rings. The van der Waals surface area contributed by atoms with Crippen LogP contribution >= 0.6 is 0 Å². The number of hydrogen-bond acceptors (Lipinski definition) is 3. The summed E-state index contributed by atoms with van der Waals surface area (Å²) >= 11 is 0. The molecule has 1 fully saturated rings. The van der Waals surface area contributed by atoms with Gasteiger partial charge in [-0.1, -0.05) is 18.2 Å². The molecule has 6 heteroatoms. The van der Waals surface area contributed by atoms with Gasteiger partial charge in [0.1, 0.15) is 6.04 Å². The molecule has 1 aliphatic rings. The maximum atomic E-state index is 12.6. The molecule has 1 aromatic carbocycles. The van der Waals surface area contributed by atoms with E-state index in [-0.39, 0.29) is 18.4 Å². The largest absolute Gasteiger partial charge is 0.480 e. The molecule has 6 nitrogen and oxygen atoms in total. The van der Waals surface area contributed by atoms with Crippen molar-refractivity contribution in [2.24, 2.45) is 0 Å². The number of benzene rings is 1. The van der Waals surface area contributed by atoms with Crippen LogP contribution in [0, 0.1) is 6.92 Å². The zero-order chi connectivity index (χ0) is 16.6. The third-order valence-corrected chi connectivity index (χ3v) is 4.55. The number of carboxylic acid groups (broad SMARTS) is 1. The second-order valence-electron chi connectivity index (χ2n) is 5.98. The molecule has 1 aliphatic heterocycles. The Morgan fingerprint density at radius 1 is 1.43 bits per heavy atom. The number of aliphatic carboxylic acids is 1. The van der Waals surface area contributed by atoms with Gasteiger partial charge in [0.2, 0.25) is 5.91 Å². The summed E-state index contributed by atoms with van der Waals surface area (Å²) in [4.78, 5) is 28.6. The van der Waals surface area contributed by atoms with Gasteiger partial charge < -0.3 is 19.7 Å². The Morgan fingerprint density at radius 2 is 2.22 bits per heavy atom. The zero-order valence-corrected chi connectivity index (χ0v) is 13.2. The molecule has 23 heavy (non-hydrogen) atoms. The molecule has 0 saturated carbocycles. The smallest absolute Gasteiger partial charge is 0.326 e. The number of fused-ring (bicyclic) bond motifs is 1. The van der Waals surface area contributed by atoms with Crippen molar-refractivity contribution in [1.82, 2.24) is 9.88 Å². The topological polar surface area (TPSA) is 82.6 Å². The van der Waals surface area contributed by atoms with E-state index in [2.05, 4.69) is 4.98 Å². The Balaban J connectivity index is 1.82. The minimum absolute atomic E-state index is 0.181. The van der Waals surface area contributed by atoms with Crippen molar-refractivity contribution in [2.45, 2.75) is 31.9 Å². The van der Waals surface area contributed by atoms with Gasteiger partial charge in [-0.25, -0.2) is 4.79 Å². The Kier molecular flexibility index (Phi) is 4.09. The normalized spacial score (nSPS) is 21.0. The first kappa shape index (κ1) is 15.6. The second-order valence-corrected chi connectivity index (χ2v) is 5.98. The van der Waals surface area contributed by atoms with E-state index >= 15 is 0 Å². The van der Waals surface area contributed by atoms with E-state index < -0.39 is 12.0 Å². The number of aromatic amines is 1. The minimum Gasteiger partial charge on any atom is -0.480 e. The van der Waals surface area contributed by atoms with Crippen LogP contribution in [0.15, 0.2) is 24.4 Å². The van der Waals surface area contributed by atoms with Crippen molar-refractivity contribution >= 4 is 22.8 Å². The van der Waals surface area contributed by atoms with E-state index in [1.807, 2.05) is 31.3 Å². The van der Waals surface area contributed by atoms with Crippen LogP contribution < -0.4 is 0 Å². The fourth-order valence-electron chi connectivity index (χ4n) is 3.25. The van der Waals surface area contributed by atoms with E-state index in [1.54, 1.807) is 7.11 Å². The highest BCUT2D eigenvalue weighted by Gasteiger charge is 2.39. The third kappa shape index (κ3) is 2.82. The molecular formula is C17H20N2O4. The van der Waals surface area contributed by atoms with Crippen molar-refractivity contribution in [3.05, 3.63) is 35.5 Å². The molecule has 2 N–H and O–H groups in total. The summed E-state index contributed by atoms with van der Waals surface area (Å²) in [6, 6.07) is 5.13. The van der Waals surface area contributed by atoms with E-state index in [4.69, 9.17) is 4.74 Å². The molecular weight excluding hydrogens is 296 g/mol. The van der Waals surface area contributed by atoms with Gasteiger partial charge >= 0.3 is 5.97 Å². The molecule has 122 valence electrons. The third-order valence-electron chi connectivity index (χ3n) is 4.55.